The fraction of sp³-hybridized carbons (Fsp3) is 0.429. The lowest BCUT2D eigenvalue weighted by atomic mass is 10.1. The minimum atomic E-state index is -0.644. The van der Waals surface area contributed by atoms with Gasteiger partial charge in [0.05, 0.1) is 18.3 Å². The fourth-order valence-corrected chi connectivity index (χ4v) is 5.47. The summed E-state index contributed by atoms with van der Waals surface area (Å²) < 4.78 is 38.4. The third-order valence-corrected chi connectivity index (χ3v) is 7.67. The monoisotopic (exact) mass is 534 g/mol. The van der Waals surface area contributed by atoms with Crippen LogP contribution in [-0.2, 0) is 6.54 Å². The van der Waals surface area contributed by atoms with Gasteiger partial charge in [-0.15, -0.1) is 0 Å². The molecule has 1 atom stereocenters. The highest BCUT2D eigenvalue weighted by atomic mass is 19.1. The van der Waals surface area contributed by atoms with Crippen LogP contribution in [0, 0.1) is 18.6 Å². The number of imidazole rings is 1. The van der Waals surface area contributed by atoms with E-state index < -0.39 is 11.6 Å². The first-order chi connectivity index (χ1) is 18.9. The van der Waals surface area contributed by atoms with Crippen LogP contribution >= 0.6 is 0 Å². The molecule has 2 aliphatic heterocycles. The number of pyridine rings is 1. The summed E-state index contributed by atoms with van der Waals surface area (Å²) in [5.41, 5.74) is 2.15. The lowest BCUT2D eigenvalue weighted by Crippen LogP contribution is -2.45. The Kier molecular flexibility index (Phi) is 6.86. The van der Waals surface area contributed by atoms with E-state index in [0.717, 1.165) is 56.8 Å². The summed E-state index contributed by atoms with van der Waals surface area (Å²) in [6.07, 6.45) is 3.56. The number of halogens is 2. The van der Waals surface area contributed by atoms with Crippen molar-refractivity contribution in [2.45, 2.75) is 39.8 Å². The molecule has 0 spiro atoms. The van der Waals surface area contributed by atoms with E-state index in [9.17, 15) is 4.39 Å². The van der Waals surface area contributed by atoms with Crippen molar-refractivity contribution in [2.75, 3.05) is 44.6 Å². The number of rotatable bonds is 3. The molecule has 3 aromatic heterocycles. The van der Waals surface area contributed by atoms with E-state index in [2.05, 4.69) is 48.9 Å². The van der Waals surface area contributed by atoms with E-state index >= 15 is 4.39 Å². The molecule has 1 N–H and O–H groups in total. The molecule has 9 nitrogen and oxygen atoms in total. The number of nitrogens with one attached hydrogen (secondary N) is 1. The first kappa shape index (κ1) is 25.6. The number of fused-ring (bicyclic) bond motifs is 6. The van der Waals surface area contributed by atoms with Crippen LogP contribution in [0.25, 0.3) is 22.3 Å². The number of ether oxygens (including phenoxy) is 1. The van der Waals surface area contributed by atoms with Crippen LogP contribution in [0.5, 0.6) is 5.75 Å². The van der Waals surface area contributed by atoms with Gasteiger partial charge in [0.1, 0.15) is 28.6 Å². The molecule has 1 aromatic carbocycles. The largest absolute Gasteiger partial charge is 0.493 e. The Morgan fingerprint density at radius 2 is 1.79 bits per heavy atom. The maximum Gasteiger partial charge on any atom is 0.229 e. The Morgan fingerprint density at radius 1 is 1.00 bits per heavy atom. The molecule has 6 rings (SSSR count). The lowest BCUT2D eigenvalue weighted by molar-refractivity contribution is 0.130. The van der Waals surface area contributed by atoms with E-state index in [1.54, 1.807) is 6.07 Å². The number of hydrogen-bond donors (Lipinski definition) is 1. The zero-order valence-electron chi connectivity index (χ0n) is 22.4. The van der Waals surface area contributed by atoms with E-state index in [1.165, 1.54) is 6.07 Å². The van der Waals surface area contributed by atoms with Gasteiger partial charge < -0.3 is 19.5 Å². The minimum Gasteiger partial charge on any atom is -0.493 e. The summed E-state index contributed by atoms with van der Waals surface area (Å²) in [6.45, 7) is 12.4. The molecule has 1 saturated heterocycles. The summed E-state index contributed by atoms with van der Waals surface area (Å²) >= 11 is 0. The molecule has 6 bridgehead atoms. The van der Waals surface area contributed by atoms with Crippen LogP contribution in [0.15, 0.2) is 30.6 Å². The summed E-state index contributed by atoms with van der Waals surface area (Å²) in [6, 6.07) is 4.81. The average Bonchev–Trinajstić information content (AvgIpc) is 3.27. The van der Waals surface area contributed by atoms with Gasteiger partial charge in [-0.2, -0.15) is 0 Å². The standard InChI is InChI=1S/C28H32F2N8O/c1-4-36-6-8-37(9-7-36)16-20-14-31-25-13-24(20)39-10-5-17(2)38-18(3)33-27-21(29)11-19(12-23(27)38)26-22(30)15-32-28(34-25)35-26/h11-15,17H,4-10,16H2,1-3H3,(H,31,32,34,35). The zero-order valence-corrected chi connectivity index (χ0v) is 22.4. The van der Waals surface area contributed by atoms with Crippen molar-refractivity contribution in [2.24, 2.45) is 0 Å². The van der Waals surface area contributed by atoms with Gasteiger partial charge >= 0.3 is 0 Å². The Labute approximate surface area is 225 Å². The number of aryl methyl sites for hydroxylation is 1. The zero-order chi connectivity index (χ0) is 27.1. The molecule has 0 radical (unpaired) electrons. The summed E-state index contributed by atoms with van der Waals surface area (Å²) in [4.78, 5) is 22.4. The van der Waals surface area contributed by atoms with E-state index in [4.69, 9.17) is 4.74 Å². The molecule has 1 fully saturated rings. The van der Waals surface area contributed by atoms with Crippen LogP contribution in [0.1, 0.15) is 37.7 Å². The molecule has 0 aliphatic carbocycles. The second kappa shape index (κ2) is 10.5. The van der Waals surface area contributed by atoms with E-state index in [-0.39, 0.29) is 23.2 Å². The maximum atomic E-state index is 15.2. The summed E-state index contributed by atoms with van der Waals surface area (Å²) in [7, 11) is 0. The molecule has 1 unspecified atom stereocenters. The van der Waals surface area contributed by atoms with Gasteiger partial charge in [0.2, 0.25) is 5.95 Å². The van der Waals surface area contributed by atoms with Crippen molar-refractivity contribution in [3.63, 3.8) is 0 Å². The van der Waals surface area contributed by atoms with Gasteiger partial charge in [0.15, 0.2) is 11.6 Å². The van der Waals surface area contributed by atoms with Gasteiger partial charge in [-0.25, -0.2) is 28.7 Å². The number of nitrogens with zero attached hydrogens (tertiary/aromatic N) is 7. The smallest absolute Gasteiger partial charge is 0.229 e. The second-order valence-electron chi connectivity index (χ2n) is 10.2. The highest BCUT2D eigenvalue weighted by Gasteiger charge is 2.22. The lowest BCUT2D eigenvalue weighted by Gasteiger charge is -2.34. The molecule has 11 heteroatoms. The SMILES string of the molecule is CCN1CCN(Cc2cnc3cc2OCCC(C)n2c(C)nc4c(F)cc(cc42)-c2nc(ncc2F)N3)CC1. The Hall–Kier alpha value is -3.70. The maximum absolute atomic E-state index is 15.2. The van der Waals surface area contributed by atoms with Crippen molar-refractivity contribution in [3.8, 4) is 17.0 Å². The number of likely N-dealkylation sites (N-methyl/N-ethyl adjacent to an activating group) is 1. The van der Waals surface area contributed by atoms with Crippen molar-refractivity contribution in [1.82, 2.24) is 34.3 Å². The number of piperazine rings is 1. The van der Waals surface area contributed by atoms with Gasteiger partial charge in [0, 0.05) is 68.6 Å². The third-order valence-electron chi connectivity index (χ3n) is 7.67. The van der Waals surface area contributed by atoms with Crippen molar-refractivity contribution in [3.05, 3.63) is 53.6 Å². The van der Waals surface area contributed by atoms with Crippen LogP contribution in [0.2, 0.25) is 0 Å². The molecular weight excluding hydrogens is 502 g/mol. The second-order valence-corrected chi connectivity index (χ2v) is 10.2. The molecule has 4 aromatic rings. The molecule has 204 valence electrons. The van der Waals surface area contributed by atoms with Gasteiger partial charge in [-0.3, -0.25) is 4.90 Å². The molecule has 5 heterocycles. The van der Waals surface area contributed by atoms with Crippen LogP contribution < -0.4 is 10.1 Å². The Morgan fingerprint density at radius 3 is 2.59 bits per heavy atom. The van der Waals surface area contributed by atoms with Gasteiger partial charge in [-0.1, -0.05) is 6.92 Å². The number of aromatic nitrogens is 5. The van der Waals surface area contributed by atoms with Gasteiger partial charge in [-0.05, 0) is 32.5 Å². The molecule has 0 amide bonds. The van der Waals surface area contributed by atoms with Crippen LogP contribution in [0.3, 0.4) is 0 Å². The normalized spacial score (nSPS) is 18.4. The number of hydrogen-bond acceptors (Lipinski definition) is 8. The predicted molar refractivity (Wildman–Crippen MR) is 145 cm³/mol. The number of anilines is 2. The highest BCUT2D eigenvalue weighted by molar-refractivity contribution is 5.83. The molecule has 2 aliphatic rings. The van der Waals surface area contributed by atoms with Gasteiger partial charge in [0.25, 0.3) is 0 Å². The molecular formula is C28H32F2N8O. The summed E-state index contributed by atoms with van der Waals surface area (Å²) in [5.74, 6) is 0.882. The number of benzene rings is 1. The van der Waals surface area contributed by atoms with Crippen molar-refractivity contribution < 1.29 is 13.5 Å². The molecule has 0 saturated carbocycles. The summed E-state index contributed by atoms with van der Waals surface area (Å²) in [5, 5.41) is 3.07. The Bertz CT molecular complexity index is 1520. The average molecular weight is 535 g/mol. The first-order valence-electron chi connectivity index (χ1n) is 13.4. The van der Waals surface area contributed by atoms with Crippen LogP contribution in [0.4, 0.5) is 20.5 Å². The fourth-order valence-electron chi connectivity index (χ4n) is 5.47. The third kappa shape index (κ3) is 5.04. The van der Waals surface area contributed by atoms with Crippen molar-refractivity contribution >= 4 is 22.8 Å². The quantitative estimate of drug-likeness (QED) is 0.405. The minimum absolute atomic E-state index is 0.000503. The molecule has 39 heavy (non-hydrogen) atoms. The predicted octanol–water partition coefficient (Wildman–Crippen LogP) is 4.70. The van der Waals surface area contributed by atoms with E-state index in [1.807, 2.05) is 23.8 Å². The first-order valence-corrected chi connectivity index (χ1v) is 13.4. The topological polar surface area (TPSA) is 84.2 Å². The van der Waals surface area contributed by atoms with Crippen LogP contribution in [-0.4, -0.2) is 73.6 Å². The van der Waals surface area contributed by atoms with Crippen molar-refractivity contribution in [1.29, 1.82) is 0 Å². The van der Waals surface area contributed by atoms with E-state index in [0.29, 0.717) is 35.8 Å². The Balaban J connectivity index is 1.39. The highest BCUT2D eigenvalue weighted by Crippen LogP contribution is 2.32.